The van der Waals surface area contributed by atoms with Gasteiger partial charge in [0.2, 0.25) is 11.8 Å². The van der Waals surface area contributed by atoms with Gasteiger partial charge < -0.3 is 10.2 Å². The molecule has 3 rings (SSSR count). The van der Waals surface area contributed by atoms with E-state index < -0.39 is 0 Å². The topological polar surface area (TPSA) is 49.4 Å². The van der Waals surface area contributed by atoms with Crippen molar-refractivity contribution in [2.45, 2.75) is 51.0 Å². The van der Waals surface area contributed by atoms with E-state index in [0.717, 1.165) is 38.8 Å². The van der Waals surface area contributed by atoms with E-state index in [1.54, 1.807) is 18.2 Å². The Hall–Kier alpha value is -1.91. The molecule has 1 aromatic rings. The molecule has 0 radical (unpaired) electrons. The fourth-order valence-corrected chi connectivity index (χ4v) is 3.41. The molecule has 0 spiro atoms. The summed E-state index contributed by atoms with van der Waals surface area (Å²) in [5.41, 5.74) is 0.577. The zero-order valence-electron chi connectivity index (χ0n) is 14.0. The Bertz CT molecular complexity index is 593. The first-order chi connectivity index (χ1) is 11.6. The van der Waals surface area contributed by atoms with Gasteiger partial charge in [0.05, 0.1) is 0 Å². The number of nitrogens with zero attached hydrogens (tertiary/aromatic N) is 1. The van der Waals surface area contributed by atoms with Gasteiger partial charge in [-0.2, -0.15) is 0 Å². The molecule has 1 heterocycles. The van der Waals surface area contributed by atoms with E-state index in [1.807, 2.05) is 4.90 Å². The number of halogens is 1. The van der Waals surface area contributed by atoms with Gasteiger partial charge in [-0.25, -0.2) is 4.39 Å². The Morgan fingerprint density at radius 1 is 1.12 bits per heavy atom. The maximum atomic E-state index is 13.5. The molecule has 1 aromatic carbocycles. The highest BCUT2D eigenvalue weighted by Crippen LogP contribution is 2.29. The van der Waals surface area contributed by atoms with Crippen molar-refractivity contribution < 1.29 is 14.0 Å². The van der Waals surface area contributed by atoms with Crippen LogP contribution in [0.4, 0.5) is 4.39 Å². The van der Waals surface area contributed by atoms with Crippen LogP contribution in [-0.2, 0) is 16.0 Å². The molecule has 0 unspecified atom stereocenters. The fraction of sp³-hybridized carbons (Fsp3) is 0.579. The van der Waals surface area contributed by atoms with Crippen LogP contribution in [-0.4, -0.2) is 35.8 Å². The first-order valence-electron chi connectivity index (χ1n) is 8.95. The number of amides is 2. The molecule has 2 aliphatic rings. The summed E-state index contributed by atoms with van der Waals surface area (Å²) >= 11 is 0. The normalized spacial score (nSPS) is 19.0. The number of hydrogen-bond acceptors (Lipinski definition) is 2. The Balaban J connectivity index is 1.38. The van der Waals surface area contributed by atoms with Crippen LogP contribution in [0.15, 0.2) is 24.3 Å². The van der Waals surface area contributed by atoms with Crippen molar-refractivity contribution in [3.05, 3.63) is 35.6 Å². The Morgan fingerprint density at radius 2 is 1.83 bits per heavy atom. The molecule has 1 N–H and O–H groups in total. The van der Waals surface area contributed by atoms with Crippen LogP contribution in [0, 0.1) is 11.7 Å². The van der Waals surface area contributed by atoms with Crippen molar-refractivity contribution in [1.29, 1.82) is 0 Å². The first-order valence-corrected chi connectivity index (χ1v) is 8.95. The minimum absolute atomic E-state index is 0.0398. The van der Waals surface area contributed by atoms with Crippen molar-refractivity contribution in [3.63, 3.8) is 0 Å². The third-order valence-corrected chi connectivity index (χ3v) is 5.21. The van der Waals surface area contributed by atoms with Gasteiger partial charge in [0.25, 0.3) is 0 Å². The highest BCUT2D eigenvalue weighted by atomic mass is 19.1. The summed E-state index contributed by atoms with van der Waals surface area (Å²) in [6.07, 6.45) is 5.56. The molecular weight excluding hydrogens is 307 g/mol. The van der Waals surface area contributed by atoms with Crippen molar-refractivity contribution in [2.24, 2.45) is 5.92 Å². The van der Waals surface area contributed by atoms with Gasteiger partial charge in [0, 0.05) is 31.5 Å². The lowest BCUT2D eigenvalue weighted by Crippen LogP contribution is -2.48. The van der Waals surface area contributed by atoms with E-state index in [-0.39, 0.29) is 23.7 Å². The average molecular weight is 332 g/mol. The molecule has 2 fully saturated rings. The minimum atomic E-state index is -0.256. The molecule has 0 aromatic heterocycles. The summed E-state index contributed by atoms with van der Waals surface area (Å²) in [6, 6.07) is 6.70. The summed E-state index contributed by atoms with van der Waals surface area (Å²) in [6.45, 7) is 1.46. The van der Waals surface area contributed by atoms with E-state index >= 15 is 0 Å². The molecule has 1 saturated heterocycles. The zero-order valence-corrected chi connectivity index (χ0v) is 14.0. The number of benzene rings is 1. The Kier molecular flexibility index (Phi) is 5.48. The van der Waals surface area contributed by atoms with Crippen molar-refractivity contribution in [1.82, 2.24) is 10.2 Å². The monoisotopic (exact) mass is 332 g/mol. The number of rotatable bonds is 5. The molecule has 1 saturated carbocycles. The second-order valence-corrected chi connectivity index (χ2v) is 6.89. The van der Waals surface area contributed by atoms with Gasteiger partial charge in [-0.3, -0.25) is 9.59 Å². The van der Waals surface area contributed by atoms with Gasteiger partial charge in [-0.1, -0.05) is 24.6 Å². The van der Waals surface area contributed by atoms with Gasteiger partial charge in [-0.05, 0) is 43.7 Å². The lowest BCUT2D eigenvalue weighted by Gasteiger charge is -2.36. The van der Waals surface area contributed by atoms with Crippen LogP contribution in [0.2, 0.25) is 0 Å². The maximum absolute atomic E-state index is 13.5. The van der Waals surface area contributed by atoms with Gasteiger partial charge in [0.15, 0.2) is 0 Å². The quantitative estimate of drug-likeness (QED) is 0.901. The lowest BCUT2D eigenvalue weighted by atomic mass is 9.84. The second kappa shape index (κ2) is 7.77. The molecule has 0 atom stereocenters. The molecule has 2 amide bonds. The van der Waals surface area contributed by atoms with E-state index in [9.17, 15) is 14.0 Å². The Morgan fingerprint density at radius 3 is 2.46 bits per heavy atom. The van der Waals surface area contributed by atoms with Crippen LogP contribution >= 0.6 is 0 Å². The maximum Gasteiger partial charge on any atom is 0.225 e. The van der Waals surface area contributed by atoms with Crippen LogP contribution < -0.4 is 5.32 Å². The summed E-state index contributed by atoms with van der Waals surface area (Å²) in [5, 5.41) is 3.03. The number of carbonyl (C=O) groups excluding carboxylic acids is 2. The number of nitrogens with one attached hydrogen (secondary N) is 1. The predicted molar refractivity (Wildman–Crippen MR) is 89.8 cm³/mol. The number of aryl methyl sites for hydroxylation is 1. The third-order valence-electron chi connectivity index (χ3n) is 5.21. The van der Waals surface area contributed by atoms with Crippen LogP contribution in [0.1, 0.15) is 44.1 Å². The Labute approximate surface area is 142 Å². The van der Waals surface area contributed by atoms with Gasteiger partial charge >= 0.3 is 0 Å². The highest BCUT2D eigenvalue weighted by molar-refractivity contribution is 5.80. The first kappa shape index (κ1) is 16.9. The summed E-state index contributed by atoms with van der Waals surface area (Å²) in [5.74, 6) is 0.248. The molecular formula is C19H25FN2O2. The number of carbonyl (C=O) groups is 2. The molecule has 4 nitrogen and oxygen atoms in total. The number of likely N-dealkylation sites (tertiary alicyclic amines) is 1. The molecule has 24 heavy (non-hydrogen) atoms. The van der Waals surface area contributed by atoms with E-state index in [4.69, 9.17) is 0 Å². The standard InChI is InChI=1S/C19H25FN2O2/c20-17-7-2-1-4-14(17)8-9-18(23)21-16-10-12-22(13-11-16)19(24)15-5-3-6-15/h1-2,4,7,15-16H,3,5-6,8-13H2,(H,21,23). The zero-order chi connectivity index (χ0) is 16.9. The van der Waals surface area contributed by atoms with Crippen LogP contribution in [0.25, 0.3) is 0 Å². The van der Waals surface area contributed by atoms with E-state index in [2.05, 4.69) is 5.32 Å². The lowest BCUT2D eigenvalue weighted by molar-refractivity contribution is -0.139. The molecule has 5 heteroatoms. The van der Waals surface area contributed by atoms with Crippen molar-refractivity contribution in [2.75, 3.05) is 13.1 Å². The summed E-state index contributed by atoms with van der Waals surface area (Å²) in [7, 11) is 0. The van der Waals surface area contributed by atoms with Gasteiger partial charge in [-0.15, -0.1) is 0 Å². The minimum Gasteiger partial charge on any atom is -0.353 e. The SMILES string of the molecule is O=C(CCc1ccccc1F)NC1CCN(C(=O)C2CCC2)CC1. The van der Waals surface area contributed by atoms with E-state index in [1.165, 1.54) is 12.5 Å². The van der Waals surface area contributed by atoms with Crippen LogP contribution in [0.5, 0.6) is 0 Å². The third kappa shape index (κ3) is 4.13. The molecule has 0 bridgehead atoms. The van der Waals surface area contributed by atoms with Crippen LogP contribution in [0.3, 0.4) is 0 Å². The van der Waals surface area contributed by atoms with Crippen molar-refractivity contribution in [3.8, 4) is 0 Å². The highest BCUT2D eigenvalue weighted by Gasteiger charge is 2.31. The van der Waals surface area contributed by atoms with Crippen molar-refractivity contribution >= 4 is 11.8 Å². The largest absolute Gasteiger partial charge is 0.353 e. The summed E-state index contributed by atoms with van der Waals surface area (Å²) < 4.78 is 13.5. The van der Waals surface area contributed by atoms with Gasteiger partial charge in [0.1, 0.15) is 5.82 Å². The predicted octanol–water partition coefficient (Wildman–Crippen LogP) is 2.67. The smallest absolute Gasteiger partial charge is 0.225 e. The fourth-order valence-electron chi connectivity index (χ4n) is 3.41. The summed E-state index contributed by atoms with van der Waals surface area (Å²) in [4.78, 5) is 26.2. The number of piperidine rings is 1. The molecule has 130 valence electrons. The second-order valence-electron chi connectivity index (χ2n) is 6.89. The molecule has 1 aliphatic carbocycles. The molecule has 1 aliphatic heterocycles. The number of hydrogen-bond donors (Lipinski definition) is 1. The average Bonchev–Trinajstić information content (AvgIpc) is 2.53. The van der Waals surface area contributed by atoms with E-state index in [0.29, 0.717) is 24.3 Å².